The molecule has 0 unspecified atom stereocenters. The van der Waals surface area contributed by atoms with Crippen molar-refractivity contribution in [2.75, 3.05) is 5.32 Å². The monoisotopic (exact) mass is 360 g/mol. The van der Waals surface area contributed by atoms with Gasteiger partial charge in [0.2, 0.25) is 0 Å². The standard InChI is InChI=1S/C17H17ClN4OS/c1-17(2,3)13-8-14(22-21-13)20-15(23)12-9-19-16(24-12)10-6-4-5-7-11(10)18/h4-9H,1-3H3,(H2,20,21,22,23). The van der Waals surface area contributed by atoms with Crippen molar-refractivity contribution in [2.24, 2.45) is 0 Å². The molecule has 0 fully saturated rings. The van der Waals surface area contributed by atoms with E-state index in [1.54, 1.807) is 12.3 Å². The summed E-state index contributed by atoms with van der Waals surface area (Å²) < 4.78 is 0. The van der Waals surface area contributed by atoms with Crippen LogP contribution in [0, 0.1) is 0 Å². The lowest BCUT2D eigenvalue weighted by Crippen LogP contribution is -2.11. The van der Waals surface area contributed by atoms with E-state index in [0.29, 0.717) is 20.7 Å². The summed E-state index contributed by atoms with van der Waals surface area (Å²) in [5, 5.41) is 11.2. The molecule has 24 heavy (non-hydrogen) atoms. The van der Waals surface area contributed by atoms with Gasteiger partial charge in [0.05, 0.1) is 11.2 Å². The zero-order valence-corrected chi connectivity index (χ0v) is 15.1. The Morgan fingerprint density at radius 3 is 2.71 bits per heavy atom. The molecule has 0 aliphatic heterocycles. The molecule has 0 spiro atoms. The zero-order chi connectivity index (χ0) is 17.3. The van der Waals surface area contributed by atoms with Gasteiger partial charge < -0.3 is 5.32 Å². The molecule has 0 aliphatic rings. The Bertz CT molecular complexity index is 879. The molecule has 0 radical (unpaired) electrons. The van der Waals surface area contributed by atoms with Crippen molar-refractivity contribution in [2.45, 2.75) is 26.2 Å². The summed E-state index contributed by atoms with van der Waals surface area (Å²) in [4.78, 5) is 17.2. The third-order valence-corrected chi connectivity index (χ3v) is 4.82. The summed E-state index contributed by atoms with van der Waals surface area (Å²) in [6.07, 6.45) is 1.55. The average Bonchev–Trinajstić information content (AvgIpc) is 3.16. The first-order chi connectivity index (χ1) is 11.3. The molecule has 3 aromatic rings. The maximum Gasteiger partial charge on any atom is 0.268 e. The van der Waals surface area contributed by atoms with Crippen molar-refractivity contribution in [3.05, 3.63) is 52.1 Å². The summed E-state index contributed by atoms with van der Waals surface area (Å²) in [7, 11) is 0. The van der Waals surface area contributed by atoms with E-state index in [0.717, 1.165) is 11.3 Å². The number of hydrogen-bond donors (Lipinski definition) is 2. The minimum absolute atomic E-state index is 0.0578. The lowest BCUT2D eigenvalue weighted by atomic mass is 9.92. The fraction of sp³-hybridized carbons (Fsp3) is 0.235. The van der Waals surface area contributed by atoms with Crippen molar-refractivity contribution < 1.29 is 4.79 Å². The molecule has 2 aromatic heterocycles. The van der Waals surface area contributed by atoms with Crippen LogP contribution in [0.4, 0.5) is 5.82 Å². The Hall–Kier alpha value is -2.18. The topological polar surface area (TPSA) is 70.7 Å². The molecule has 0 aliphatic carbocycles. The molecule has 1 amide bonds. The van der Waals surface area contributed by atoms with E-state index in [-0.39, 0.29) is 11.3 Å². The Kier molecular flexibility index (Phi) is 4.43. The maximum atomic E-state index is 12.4. The summed E-state index contributed by atoms with van der Waals surface area (Å²) in [6.45, 7) is 6.22. The molecular weight excluding hydrogens is 344 g/mol. The van der Waals surface area contributed by atoms with Crippen LogP contribution in [0.3, 0.4) is 0 Å². The van der Waals surface area contributed by atoms with E-state index in [1.165, 1.54) is 11.3 Å². The maximum absolute atomic E-state index is 12.4. The van der Waals surface area contributed by atoms with Gasteiger partial charge in [-0.3, -0.25) is 9.89 Å². The number of benzene rings is 1. The first-order valence-electron chi connectivity index (χ1n) is 7.42. The number of rotatable bonds is 3. The van der Waals surface area contributed by atoms with Gasteiger partial charge in [-0.15, -0.1) is 11.3 Å². The van der Waals surface area contributed by atoms with E-state index in [2.05, 4.69) is 41.3 Å². The number of H-pyrrole nitrogens is 1. The quantitative estimate of drug-likeness (QED) is 0.708. The van der Waals surface area contributed by atoms with E-state index in [9.17, 15) is 4.79 Å². The fourth-order valence-electron chi connectivity index (χ4n) is 2.09. The van der Waals surface area contributed by atoms with E-state index >= 15 is 0 Å². The van der Waals surface area contributed by atoms with Crippen LogP contribution in [0.1, 0.15) is 36.1 Å². The van der Waals surface area contributed by atoms with Gasteiger partial charge in [0.1, 0.15) is 9.88 Å². The summed E-state index contributed by atoms with van der Waals surface area (Å²) in [5.74, 6) is 0.260. The predicted octanol–water partition coefficient (Wildman–Crippen LogP) is 4.74. The van der Waals surface area contributed by atoms with Gasteiger partial charge in [0, 0.05) is 22.7 Å². The van der Waals surface area contributed by atoms with Crippen LogP contribution in [0.15, 0.2) is 36.5 Å². The van der Waals surface area contributed by atoms with Crippen molar-refractivity contribution in [1.29, 1.82) is 0 Å². The molecule has 0 bridgehead atoms. The van der Waals surface area contributed by atoms with Gasteiger partial charge in [0.25, 0.3) is 5.91 Å². The van der Waals surface area contributed by atoms with E-state index in [1.807, 2.05) is 24.3 Å². The first kappa shape index (κ1) is 16.7. The van der Waals surface area contributed by atoms with E-state index < -0.39 is 0 Å². The van der Waals surface area contributed by atoms with Crippen LogP contribution >= 0.6 is 22.9 Å². The number of carbonyl (C=O) groups is 1. The van der Waals surface area contributed by atoms with Gasteiger partial charge in [0.15, 0.2) is 5.82 Å². The van der Waals surface area contributed by atoms with Gasteiger partial charge in [-0.05, 0) is 6.07 Å². The lowest BCUT2D eigenvalue weighted by molar-refractivity contribution is 0.103. The number of thiazole rings is 1. The summed E-state index contributed by atoms with van der Waals surface area (Å²) in [5.41, 5.74) is 1.72. The molecule has 7 heteroatoms. The molecule has 1 aromatic carbocycles. The fourth-order valence-corrected chi connectivity index (χ4v) is 3.22. The highest BCUT2D eigenvalue weighted by molar-refractivity contribution is 7.17. The number of nitrogens with zero attached hydrogens (tertiary/aromatic N) is 2. The Morgan fingerprint density at radius 2 is 2.04 bits per heavy atom. The predicted molar refractivity (Wildman–Crippen MR) is 97.8 cm³/mol. The second-order valence-corrected chi connectivity index (χ2v) is 7.82. The number of carbonyl (C=O) groups excluding carboxylic acids is 1. The number of nitrogens with one attached hydrogen (secondary N) is 2. The van der Waals surface area contributed by atoms with E-state index in [4.69, 9.17) is 11.6 Å². The Balaban J connectivity index is 1.77. The first-order valence-corrected chi connectivity index (χ1v) is 8.62. The average molecular weight is 361 g/mol. The van der Waals surface area contributed by atoms with Crippen molar-refractivity contribution in [1.82, 2.24) is 15.2 Å². The molecule has 0 atom stereocenters. The number of halogens is 1. The van der Waals surface area contributed by atoms with Crippen molar-refractivity contribution in [3.63, 3.8) is 0 Å². The normalized spacial score (nSPS) is 11.5. The number of amides is 1. The highest BCUT2D eigenvalue weighted by Gasteiger charge is 2.19. The molecule has 2 N–H and O–H groups in total. The SMILES string of the molecule is CC(C)(C)c1cc(NC(=O)c2cnc(-c3ccccc3Cl)s2)n[nH]1. The number of aromatic nitrogens is 3. The highest BCUT2D eigenvalue weighted by atomic mass is 35.5. The van der Waals surface area contributed by atoms with Crippen molar-refractivity contribution in [3.8, 4) is 10.6 Å². The molecule has 5 nitrogen and oxygen atoms in total. The number of anilines is 1. The summed E-state index contributed by atoms with van der Waals surface area (Å²) >= 11 is 7.47. The molecule has 0 saturated carbocycles. The van der Waals surface area contributed by atoms with Gasteiger partial charge in [-0.2, -0.15) is 5.10 Å². The van der Waals surface area contributed by atoms with Crippen LogP contribution < -0.4 is 5.32 Å². The number of hydrogen-bond acceptors (Lipinski definition) is 4. The third-order valence-electron chi connectivity index (χ3n) is 3.46. The second kappa shape index (κ2) is 6.37. The van der Waals surface area contributed by atoms with Crippen LogP contribution in [-0.2, 0) is 5.41 Å². The van der Waals surface area contributed by atoms with Crippen LogP contribution in [0.2, 0.25) is 5.02 Å². The molecule has 2 heterocycles. The van der Waals surface area contributed by atoms with Crippen LogP contribution in [0.5, 0.6) is 0 Å². The Labute approximate surface area is 149 Å². The molecule has 124 valence electrons. The molecular formula is C17H17ClN4OS. The van der Waals surface area contributed by atoms with Crippen molar-refractivity contribution >= 4 is 34.7 Å². The third kappa shape index (κ3) is 3.49. The molecule has 3 rings (SSSR count). The van der Waals surface area contributed by atoms with Gasteiger partial charge in [-0.1, -0.05) is 50.6 Å². The molecule has 0 saturated heterocycles. The van der Waals surface area contributed by atoms with Crippen LogP contribution in [-0.4, -0.2) is 21.1 Å². The smallest absolute Gasteiger partial charge is 0.268 e. The lowest BCUT2D eigenvalue weighted by Gasteiger charge is -2.14. The Morgan fingerprint density at radius 1 is 1.29 bits per heavy atom. The highest BCUT2D eigenvalue weighted by Crippen LogP contribution is 2.31. The van der Waals surface area contributed by atoms with Gasteiger partial charge >= 0.3 is 0 Å². The zero-order valence-electron chi connectivity index (χ0n) is 13.6. The van der Waals surface area contributed by atoms with Crippen LogP contribution in [0.25, 0.3) is 10.6 Å². The largest absolute Gasteiger partial charge is 0.304 e. The second-order valence-electron chi connectivity index (χ2n) is 6.38. The number of aromatic amines is 1. The minimum atomic E-state index is -0.238. The van der Waals surface area contributed by atoms with Gasteiger partial charge in [-0.25, -0.2) is 4.98 Å². The minimum Gasteiger partial charge on any atom is -0.304 e. The summed E-state index contributed by atoms with van der Waals surface area (Å²) in [6, 6.07) is 9.27.